The van der Waals surface area contributed by atoms with Gasteiger partial charge < -0.3 is 11.1 Å². The fraction of sp³-hybridized carbons (Fsp3) is 0.769. The molecule has 1 aliphatic rings. The SMILES string of the molecule is C#CC(CC)NC(=O)C1CCC(CN)CC1. The van der Waals surface area contributed by atoms with Crippen molar-refractivity contribution >= 4 is 5.91 Å². The van der Waals surface area contributed by atoms with Crippen LogP contribution in [-0.2, 0) is 4.79 Å². The predicted molar refractivity (Wildman–Crippen MR) is 65.6 cm³/mol. The number of nitrogens with one attached hydrogen (secondary N) is 1. The number of hydrogen-bond acceptors (Lipinski definition) is 2. The summed E-state index contributed by atoms with van der Waals surface area (Å²) in [5.74, 6) is 3.47. The van der Waals surface area contributed by atoms with E-state index in [0.717, 1.165) is 38.6 Å². The molecule has 90 valence electrons. The Labute approximate surface area is 98.2 Å². The molecular weight excluding hydrogens is 200 g/mol. The summed E-state index contributed by atoms with van der Waals surface area (Å²) in [6.45, 7) is 2.73. The van der Waals surface area contributed by atoms with Gasteiger partial charge in [0.1, 0.15) is 0 Å². The molecule has 16 heavy (non-hydrogen) atoms. The van der Waals surface area contributed by atoms with E-state index in [-0.39, 0.29) is 17.9 Å². The lowest BCUT2D eigenvalue weighted by atomic mass is 9.81. The number of terminal acetylenes is 1. The van der Waals surface area contributed by atoms with Crippen molar-refractivity contribution in [3.05, 3.63) is 0 Å². The van der Waals surface area contributed by atoms with Crippen LogP contribution >= 0.6 is 0 Å². The van der Waals surface area contributed by atoms with Crippen molar-refractivity contribution in [2.75, 3.05) is 6.54 Å². The summed E-state index contributed by atoms with van der Waals surface area (Å²) in [5.41, 5.74) is 5.62. The topological polar surface area (TPSA) is 55.1 Å². The van der Waals surface area contributed by atoms with Gasteiger partial charge in [-0.25, -0.2) is 0 Å². The molecule has 0 aromatic rings. The van der Waals surface area contributed by atoms with Crippen LogP contribution in [0.5, 0.6) is 0 Å². The molecule has 0 radical (unpaired) electrons. The van der Waals surface area contributed by atoms with Gasteiger partial charge in [0.25, 0.3) is 0 Å². The Morgan fingerprint density at radius 1 is 1.50 bits per heavy atom. The molecule has 1 rings (SSSR count). The molecule has 0 aliphatic heterocycles. The number of carbonyl (C=O) groups excluding carboxylic acids is 1. The normalized spacial score (nSPS) is 26.8. The molecule has 0 aromatic heterocycles. The first-order valence-electron chi connectivity index (χ1n) is 6.17. The summed E-state index contributed by atoms with van der Waals surface area (Å²) in [4.78, 5) is 11.9. The summed E-state index contributed by atoms with van der Waals surface area (Å²) in [6.07, 6.45) is 10.2. The zero-order valence-electron chi connectivity index (χ0n) is 10.0. The van der Waals surface area contributed by atoms with E-state index in [9.17, 15) is 4.79 Å². The van der Waals surface area contributed by atoms with E-state index in [1.807, 2.05) is 6.92 Å². The Bertz CT molecular complexity index is 262. The lowest BCUT2D eigenvalue weighted by molar-refractivity contribution is -0.126. The standard InChI is InChI=1S/C13H22N2O/c1-3-12(4-2)15-13(16)11-7-5-10(9-14)6-8-11/h1,10-12H,4-9,14H2,2H3,(H,15,16). The quantitative estimate of drug-likeness (QED) is 0.704. The maximum atomic E-state index is 11.9. The van der Waals surface area contributed by atoms with Gasteiger partial charge in [-0.15, -0.1) is 6.42 Å². The number of amides is 1. The summed E-state index contributed by atoms with van der Waals surface area (Å²) in [6, 6.07) is -0.111. The van der Waals surface area contributed by atoms with Gasteiger partial charge in [-0.3, -0.25) is 4.79 Å². The highest BCUT2D eigenvalue weighted by molar-refractivity contribution is 5.79. The van der Waals surface area contributed by atoms with E-state index in [2.05, 4.69) is 11.2 Å². The van der Waals surface area contributed by atoms with Crippen LogP contribution in [0.15, 0.2) is 0 Å². The smallest absolute Gasteiger partial charge is 0.224 e. The predicted octanol–water partition coefficient (Wildman–Crippen LogP) is 1.28. The van der Waals surface area contributed by atoms with Crippen LogP contribution in [0, 0.1) is 24.2 Å². The summed E-state index contributed by atoms with van der Waals surface area (Å²) in [7, 11) is 0. The Balaban J connectivity index is 2.36. The van der Waals surface area contributed by atoms with Crippen molar-refractivity contribution in [2.45, 2.75) is 45.1 Å². The van der Waals surface area contributed by atoms with Gasteiger partial charge in [-0.05, 0) is 44.6 Å². The van der Waals surface area contributed by atoms with Crippen molar-refractivity contribution in [3.8, 4) is 12.3 Å². The molecule has 0 spiro atoms. The fourth-order valence-corrected chi connectivity index (χ4v) is 2.21. The Hall–Kier alpha value is -1.01. The average Bonchev–Trinajstić information content (AvgIpc) is 2.35. The van der Waals surface area contributed by atoms with E-state index < -0.39 is 0 Å². The lowest BCUT2D eigenvalue weighted by Crippen LogP contribution is -2.39. The molecule has 3 heteroatoms. The van der Waals surface area contributed by atoms with Crippen LogP contribution in [0.3, 0.4) is 0 Å². The highest BCUT2D eigenvalue weighted by Gasteiger charge is 2.26. The third-order valence-electron chi connectivity index (χ3n) is 3.48. The molecule has 0 saturated heterocycles. The molecule has 1 amide bonds. The van der Waals surface area contributed by atoms with Crippen molar-refractivity contribution in [1.82, 2.24) is 5.32 Å². The van der Waals surface area contributed by atoms with Crippen molar-refractivity contribution in [1.29, 1.82) is 0 Å². The Morgan fingerprint density at radius 3 is 2.56 bits per heavy atom. The number of nitrogens with two attached hydrogens (primary N) is 1. The third kappa shape index (κ3) is 3.53. The summed E-state index contributed by atoms with van der Waals surface area (Å²) >= 11 is 0. The van der Waals surface area contributed by atoms with Crippen molar-refractivity contribution in [3.63, 3.8) is 0 Å². The molecule has 1 saturated carbocycles. The minimum absolute atomic E-state index is 0.111. The fourth-order valence-electron chi connectivity index (χ4n) is 2.21. The molecular formula is C13H22N2O. The highest BCUT2D eigenvalue weighted by atomic mass is 16.1. The van der Waals surface area contributed by atoms with Crippen LogP contribution in [0.1, 0.15) is 39.0 Å². The van der Waals surface area contributed by atoms with Gasteiger partial charge in [0.05, 0.1) is 6.04 Å². The molecule has 3 nitrogen and oxygen atoms in total. The van der Waals surface area contributed by atoms with Gasteiger partial charge in [-0.1, -0.05) is 12.8 Å². The second kappa shape index (κ2) is 6.55. The molecule has 0 heterocycles. The van der Waals surface area contributed by atoms with Gasteiger partial charge >= 0.3 is 0 Å². The van der Waals surface area contributed by atoms with E-state index in [4.69, 9.17) is 12.2 Å². The Morgan fingerprint density at radius 2 is 2.12 bits per heavy atom. The minimum Gasteiger partial charge on any atom is -0.342 e. The second-order valence-electron chi connectivity index (χ2n) is 4.59. The monoisotopic (exact) mass is 222 g/mol. The van der Waals surface area contributed by atoms with Crippen LogP contribution in [0.2, 0.25) is 0 Å². The van der Waals surface area contributed by atoms with Gasteiger partial charge in [0, 0.05) is 5.92 Å². The largest absolute Gasteiger partial charge is 0.342 e. The van der Waals surface area contributed by atoms with E-state index in [0.29, 0.717) is 5.92 Å². The number of rotatable bonds is 4. The van der Waals surface area contributed by atoms with Crippen molar-refractivity contribution < 1.29 is 4.79 Å². The first kappa shape index (κ1) is 13.1. The highest BCUT2D eigenvalue weighted by Crippen LogP contribution is 2.28. The van der Waals surface area contributed by atoms with Gasteiger partial charge in [0.15, 0.2) is 0 Å². The van der Waals surface area contributed by atoms with Crippen LogP contribution in [-0.4, -0.2) is 18.5 Å². The molecule has 1 atom stereocenters. The van der Waals surface area contributed by atoms with E-state index in [1.165, 1.54) is 0 Å². The lowest BCUT2D eigenvalue weighted by Gasteiger charge is -2.27. The zero-order valence-corrected chi connectivity index (χ0v) is 10.0. The molecule has 1 fully saturated rings. The minimum atomic E-state index is -0.111. The third-order valence-corrected chi connectivity index (χ3v) is 3.48. The van der Waals surface area contributed by atoms with Crippen molar-refractivity contribution in [2.24, 2.45) is 17.6 Å². The van der Waals surface area contributed by atoms with Crippen LogP contribution < -0.4 is 11.1 Å². The first-order valence-corrected chi connectivity index (χ1v) is 6.17. The van der Waals surface area contributed by atoms with Gasteiger partial charge in [0.2, 0.25) is 5.91 Å². The van der Waals surface area contributed by atoms with Gasteiger partial charge in [-0.2, -0.15) is 0 Å². The maximum absolute atomic E-state index is 11.9. The second-order valence-corrected chi connectivity index (χ2v) is 4.59. The van der Waals surface area contributed by atoms with E-state index >= 15 is 0 Å². The molecule has 3 N–H and O–H groups in total. The maximum Gasteiger partial charge on any atom is 0.224 e. The first-order chi connectivity index (χ1) is 7.71. The summed E-state index contributed by atoms with van der Waals surface area (Å²) in [5, 5.41) is 2.91. The molecule has 0 aromatic carbocycles. The molecule has 1 aliphatic carbocycles. The molecule has 0 bridgehead atoms. The van der Waals surface area contributed by atoms with Crippen LogP contribution in [0.4, 0.5) is 0 Å². The number of hydrogen-bond donors (Lipinski definition) is 2. The molecule has 1 unspecified atom stereocenters. The number of carbonyl (C=O) groups is 1. The van der Waals surface area contributed by atoms with E-state index in [1.54, 1.807) is 0 Å². The average molecular weight is 222 g/mol. The van der Waals surface area contributed by atoms with Crippen LogP contribution in [0.25, 0.3) is 0 Å². The zero-order chi connectivity index (χ0) is 12.0. The summed E-state index contributed by atoms with van der Waals surface area (Å²) < 4.78 is 0. The Kier molecular flexibility index (Phi) is 5.34.